The van der Waals surface area contributed by atoms with E-state index in [4.69, 9.17) is 19.6 Å². The minimum absolute atomic E-state index is 2.50. The number of hydrogen-bond acceptors (Lipinski definition) is 2. The van der Waals surface area contributed by atoms with Crippen molar-refractivity contribution in [3.05, 3.63) is 0 Å². The standard InChI is InChI=1S/Mo.2HO3P/c;2*1-4(2)3/h;2*(H-,1,2,3)/q-2;;/p+2. The van der Waals surface area contributed by atoms with E-state index in [2.05, 4.69) is 0 Å². The third-order valence-corrected chi connectivity index (χ3v) is 11.3. The van der Waals surface area contributed by atoms with E-state index in [1.54, 1.807) is 0 Å². The van der Waals surface area contributed by atoms with E-state index >= 15 is 0 Å². The molecule has 0 spiro atoms. The molecular formula is H4MoO6P2. The molecule has 0 atom stereocenters. The van der Waals surface area contributed by atoms with Crippen LogP contribution in [0, 0.1) is 0 Å². The Kier molecular flexibility index (Phi) is 3.25. The van der Waals surface area contributed by atoms with Gasteiger partial charge in [-0.1, -0.05) is 0 Å². The Morgan fingerprint density at radius 2 is 1.11 bits per heavy atom. The van der Waals surface area contributed by atoms with Gasteiger partial charge in [0, 0.05) is 0 Å². The van der Waals surface area contributed by atoms with Crippen LogP contribution in [-0.2, 0) is 26.7 Å². The fourth-order valence-electron chi connectivity index (χ4n) is 0.139. The average Bonchev–Trinajstić information content (AvgIpc) is 1.14. The molecule has 0 rings (SSSR count). The van der Waals surface area contributed by atoms with Crippen LogP contribution in [0.1, 0.15) is 0 Å². The van der Waals surface area contributed by atoms with Crippen molar-refractivity contribution in [2.45, 2.75) is 0 Å². The Hall–Kier alpha value is 0.988. The van der Waals surface area contributed by atoms with Crippen LogP contribution in [0.4, 0.5) is 0 Å². The topological polar surface area (TPSA) is 115 Å². The maximum atomic E-state index is 9.91. The Morgan fingerprint density at radius 1 is 0.889 bits per heavy atom. The summed E-state index contributed by atoms with van der Waals surface area (Å²) in [4.78, 5) is 32.1. The zero-order valence-electron chi connectivity index (χ0n) is 3.91. The summed E-state index contributed by atoms with van der Waals surface area (Å²) < 4.78 is 19.8. The molecule has 6 nitrogen and oxygen atoms in total. The maximum absolute atomic E-state index is 9.91. The van der Waals surface area contributed by atoms with Crippen LogP contribution in [0.2, 0.25) is 0 Å². The fourth-order valence-corrected chi connectivity index (χ4v) is 7.38. The van der Waals surface area contributed by atoms with Gasteiger partial charge in [0.2, 0.25) is 0 Å². The van der Waals surface area contributed by atoms with Crippen LogP contribution in [0.3, 0.4) is 0 Å². The van der Waals surface area contributed by atoms with Crippen LogP contribution < -0.4 is 0 Å². The zero-order chi connectivity index (χ0) is 7.71. The normalized spacial score (nSPS) is 13.8. The van der Waals surface area contributed by atoms with Crippen LogP contribution in [0.15, 0.2) is 0 Å². The van der Waals surface area contributed by atoms with Crippen molar-refractivity contribution in [1.82, 2.24) is 0 Å². The first-order chi connectivity index (χ1) is 3.71. The Bertz CT molecular complexity index is 151. The van der Waals surface area contributed by atoms with Crippen molar-refractivity contribution in [2.75, 3.05) is 0 Å². The summed E-state index contributed by atoms with van der Waals surface area (Å²) in [5.41, 5.74) is -8.84. The monoisotopic (exact) mass is 260 g/mol. The number of hydrogen-bond donors (Lipinski definition) is 4. The summed E-state index contributed by atoms with van der Waals surface area (Å²) in [6.07, 6.45) is 0. The van der Waals surface area contributed by atoms with E-state index in [1.165, 1.54) is 0 Å². The van der Waals surface area contributed by atoms with Gasteiger partial charge in [-0.05, 0) is 0 Å². The molecule has 0 amide bonds. The molecule has 9 heavy (non-hydrogen) atoms. The first-order valence-electron chi connectivity index (χ1n) is 1.53. The van der Waals surface area contributed by atoms with E-state index < -0.39 is 28.9 Å². The molecular weight excluding hydrogens is 254 g/mol. The molecule has 0 radical (unpaired) electrons. The molecule has 0 saturated heterocycles. The van der Waals surface area contributed by atoms with Gasteiger partial charge in [-0.3, -0.25) is 0 Å². The summed E-state index contributed by atoms with van der Waals surface area (Å²) >= 11 is -2.50. The van der Waals surface area contributed by atoms with Gasteiger partial charge in [0.1, 0.15) is 0 Å². The third-order valence-electron chi connectivity index (χ3n) is 0.213. The first-order valence-corrected chi connectivity index (χ1v) is 9.98. The van der Waals surface area contributed by atoms with Gasteiger partial charge in [-0.15, -0.1) is 0 Å². The van der Waals surface area contributed by atoms with Crippen LogP contribution in [0.5, 0.6) is 0 Å². The van der Waals surface area contributed by atoms with Gasteiger partial charge < -0.3 is 0 Å². The van der Waals surface area contributed by atoms with Gasteiger partial charge in [-0.2, -0.15) is 0 Å². The average molecular weight is 258 g/mol. The molecule has 0 saturated carbocycles. The third kappa shape index (κ3) is 8.99. The fraction of sp³-hybridized carbons (Fsp3) is 0. The van der Waals surface area contributed by atoms with E-state index in [0.29, 0.717) is 0 Å². The Morgan fingerprint density at radius 3 is 1.11 bits per heavy atom. The molecule has 0 unspecified atom stereocenters. The second-order valence-electron chi connectivity index (χ2n) is 1.06. The quantitative estimate of drug-likeness (QED) is 0.382. The van der Waals surface area contributed by atoms with Gasteiger partial charge in [0.15, 0.2) is 0 Å². The summed E-state index contributed by atoms with van der Waals surface area (Å²) in [5, 5.41) is 0. The second kappa shape index (κ2) is 2.93. The van der Waals surface area contributed by atoms with Crippen molar-refractivity contribution in [3.8, 4) is 0 Å². The molecule has 0 aromatic carbocycles. The van der Waals surface area contributed by atoms with Gasteiger partial charge in [-0.25, -0.2) is 0 Å². The molecule has 56 valence electrons. The van der Waals surface area contributed by atoms with E-state index in [1.807, 2.05) is 0 Å². The Balaban J connectivity index is 4.07. The zero-order valence-corrected chi connectivity index (χ0v) is 7.70. The molecule has 0 aliphatic heterocycles. The van der Waals surface area contributed by atoms with Crippen molar-refractivity contribution in [1.29, 1.82) is 0 Å². The van der Waals surface area contributed by atoms with Gasteiger partial charge >= 0.3 is 57.6 Å². The molecule has 0 aliphatic rings. The summed E-state index contributed by atoms with van der Waals surface area (Å²) in [6.45, 7) is 0. The molecule has 0 bridgehead atoms. The molecule has 0 aliphatic carbocycles. The van der Waals surface area contributed by atoms with Gasteiger partial charge in [0.05, 0.1) is 0 Å². The SMILES string of the molecule is O=[P](O)(O)[Mo][P](=O)(O)O. The van der Waals surface area contributed by atoms with Crippen molar-refractivity contribution >= 4 is 11.4 Å². The van der Waals surface area contributed by atoms with Gasteiger partial charge in [0.25, 0.3) is 0 Å². The van der Waals surface area contributed by atoms with Crippen LogP contribution in [-0.4, -0.2) is 19.6 Å². The summed E-state index contributed by atoms with van der Waals surface area (Å²) in [6, 6.07) is 0. The predicted molar refractivity (Wildman–Crippen MR) is 24.1 cm³/mol. The van der Waals surface area contributed by atoms with E-state index in [0.717, 1.165) is 0 Å². The molecule has 0 heterocycles. The molecule has 0 aromatic rings. The van der Waals surface area contributed by atoms with Crippen molar-refractivity contribution in [3.63, 3.8) is 0 Å². The molecule has 9 heteroatoms. The second-order valence-corrected chi connectivity index (χ2v) is 14.3. The molecule has 0 aromatic heterocycles. The molecule has 0 fully saturated rings. The minimum atomic E-state index is -4.42. The summed E-state index contributed by atoms with van der Waals surface area (Å²) in [5.74, 6) is 0. The summed E-state index contributed by atoms with van der Waals surface area (Å²) in [7, 11) is 0. The predicted octanol–water partition coefficient (Wildman–Crippen LogP) is -0.746. The van der Waals surface area contributed by atoms with E-state index in [9.17, 15) is 9.13 Å². The van der Waals surface area contributed by atoms with Crippen LogP contribution >= 0.6 is 11.4 Å². The van der Waals surface area contributed by atoms with E-state index in [-0.39, 0.29) is 0 Å². The molecule has 4 N–H and O–H groups in total. The van der Waals surface area contributed by atoms with Crippen LogP contribution in [0.25, 0.3) is 0 Å². The first kappa shape index (κ1) is 9.99. The Labute approximate surface area is 58.1 Å². The number of rotatable bonds is 2. The van der Waals surface area contributed by atoms with Crippen molar-refractivity contribution in [2.24, 2.45) is 0 Å². The van der Waals surface area contributed by atoms with Crippen molar-refractivity contribution < 1.29 is 46.3 Å².